The van der Waals surface area contributed by atoms with Gasteiger partial charge in [0.2, 0.25) is 15.9 Å². The number of H-pyrrole nitrogens is 1. The average Bonchev–Trinajstić information content (AvgIpc) is 3.42. The molecule has 9 heteroatoms. The van der Waals surface area contributed by atoms with Gasteiger partial charge in [-0.1, -0.05) is 6.42 Å². The number of aromatic amines is 1. The Morgan fingerprint density at radius 3 is 2.62 bits per heavy atom. The van der Waals surface area contributed by atoms with Crippen molar-refractivity contribution >= 4 is 43.4 Å². The Balaban J connectivity index is 1.44. The molecule has 0 spiro atoms. The molecule has 34 heavy (non-hydrogen) atoms. The van der Waals surface area contributed by atoms with E-state index in [1.54, 1.807) is 22.6 Å². The number of fused-ring (bicyclic) bond motifs is 2. The molecule has 2 aromatic carbocycles. The lowest BCUT2D eigenvalue weighted by Gasteiger charge is -2.26. The average molecular weight is 480 g/mol. The standard InChI is InChI=1S/C25H29N5O3S/c1-16-11-19-14-26-28-23(19)13-22(16)27-25(31)18(3)30-15-17(2)21-12-20(7-8-24(21)30)34(32,33)29-9-5-4-6-10-29/h7-8,11-15,18H,4-6,9-10H2,1-3H3,(H,26,28)(H,27,31). The Bertz CT molecular complexity index is 1500. The normalized spacial score (nSPS) is 16.2. The number of sulfonamides is 1. The van der Waals surface area contributed by atoms with Gasteiger partial charge in [0.25, 0.3) is 0 Å². The van der Waals surface area contributed by atoms with Crippen LogP contribution in [0.5, 0.6) is 0 Å². The lowest BCUT2D eigenvalue weighted by molar-refractivity contribution is -0.118. The number of rotatable bonds is 5. The monoisotopic (exact) mass is 479 g/mol. The molecule has 1 aliphatic rings. The fourth-order valence-corrected chi connectivity index (χ4v) is 6.29. The highest BCUT2D eigenvalue weighted by Gasteiger charge is 2.27. The van der Waals surface area contributed by atoms with E-state index in [1.165, 1.54) is 0 Å². The smallest absolute Gasteiger partial charge is 0.247 e. The van der Waals surface area contributed by atoms with Crippen LogP contribution in [-0.4, -0.2) is 46.5 Å². The summed E-state index contributed by atoms with van der Waals surface area (Å²) in [6.45, 7) is 6.88. The zero-order chi connectivity index (χ0) is 24.0. The van der Waals surface area contributed by atoms with Crippen LogP contribution in [0.4, 0.5) is 5.69 Å². The van der Waals surface area contributed by atoms with Gasteiger partial charge in [0.15, 0.2) is 0 Å². The minimum atomic E-state index is -3.52. The predicted molar refractivity (Wildman–Crippen MR) is 133 cm³/mol. The molecule has 178 valence electrons. The van der Waals surface area contributed by atoms with E-state index in [2.05, 4.69) is 15.5 Å². The fourth-order valence-electron chi connectivity index (χ4n) is 4.74. The maximum absolute atomic E-state index is 13.2. The second-order valence-electron chi connectivity index (χ2n) is 9.15. The van der Waals surface area contributed by atoms with E-state index in [0.717, 1.165) is 57.9 Å². The number of anilines is 1. The molecule has 1 aliphatic heterocycles. The topological polar surface area (TPSA) is 100 Å². The lowest BCUT2D eigenvalue weighted by Crippen LogP contribution is -2.35. The van der Waals surface area contributed by atoms with E-state index in [-0.39, 0.29) is 5.91 Å². The minimum Gasteiger partial charge on any atom is -0.335 e. The molecule has 2 aromatic heterocycles. The number of aryl methyl sites for hydroxylation is 2. The summed E-state index contributed by atoms with van der Waals surface area (Å²) in [4.78, 5) is 13.5. The van der Waals surface area contributed by atoms with Gasteiger partial charge >= 0.3 is 0 Å². The van der Waals surface area contributed by atoms with Crippen molar-refractivity contribution in [3.63, 3.8) is 0 Å². The van der Waals surface area contributed by atoms with Crippen LogP contribution in [0.15, 0.2) is 47.6 Å². The van der Waals surface area contributed by atoms with Gasteiger partial charge in [0, 0.05) is 41.3 Å². The summed E-state index contributed by atoms with van der Waals surface area (Å²) in [5.74, 6) is -0.149. The van der Waals surface area contributed by atoms with Gasteiger partial charge in [0.05, 0.1) is 16.6 Å². The molecule has 3 heterocycles. The molecule has 1 saturated heterocycles. The first-order valence-corrected chi connectivity index (χ1v) is 13.1. The van der Waals surface area contributed by atoms with Crippen LogP contribution >= 0.6 is 0 Å². The van der Waals surface area contributed by atoms with E-state index >= 15 is 0 Å². The zero-order valence-electron chi connectivity index (χ0n) is 19.6. The van der Waals surface area contributed by atoms with Crippen LogP contribution in [0.25, 0.3) is 21.8 Å². The molecule has 2 N–H and O–H groups in total. The summed E-state index contributed by atoms with van der Waals surface area (Å²) in [5.41, 5.74) is 4.31. The van der Waals surface area contributed by atoms with Crippen molar-refractivity contribution in [2.24, 2.45) is 0 Å². The highest BCUT2D eigenvalue weighted by Crippen LogP contribution is 2.30. The third-order valence-electron chi connectivity index (χ3n) is 6.80. The van der Waals surface area contributed by atoms with Crippen molar-refractivity contribution in [1.29, 1.82) is 0 Å². The predicted octanol–water partition coefficient (Wildman–Crippen LogP) is 4.51. The number of hydrogen-bond acceptors (Lipinski definition) is 4. The van der Waals surface area contributed by atoms with E-state index in [4.69, 9.17) is 0 Å². The van der Waals surface area contributed by atoms with E-state index in [1.807, 2.05) is 49.7 Å². The van der Waals surface area contributed by atoms with Crippen molar-refractivity contribution in [1.82, 2.24) is 19.1 Å². The summed E-state index contributed by atoms with van der Waals surface area (Å²) in [6.07, 6.45) is 6.54. The summed E-state index contributed by atoms with van der Waals surface area (Å²) in [6, 6.07) is 8.59. The van der Waals surface area contributed by atoms with Crippen LogP contribution in [-0.2, 0) is 14.8 Å². The van der Waals surface area contributed by atoms with E-state index < -0.39 is 16.1 Å². The third-order valence-corrected chi connectivity index (χ3v) is 8.69. The Labute approximate surface area is 199 Å². The maximum Gasteiger partial charge on any atom is 0.247 e. The summed E-state index contributed by atoms with van der Waals surface area (Å²) >= 11 is 0. The summed E-state index contributed by atoms with van der Waals surface area (Å²) < 4.78 is 29.8. The lowest BCUT2D eigenvalue weighted by atomic mass is 10.1. The largest absolute Gasteiger partial charge is 0.335 e. The molecular formula is C25H29N5O3S. The number of aromatic nitrogens is 3. The maximum atomic E-state index is 13.2. The second-order valence-corrected chi connectivity index (χ2v) is 11.1. The molecule has 1 unspecified atom stereocenters. The third kappa shape index (κ3) is 3.88. The Kier molecular flexibility index (Phi) is 5.69. The first-order chi connectivity index (χ1) is 16.3. The van der Waals surface area contributed by atoms with Gasteiger partial charge in [-0.15, -0.1) is 0 Å². The fraction of sp³-hybridized carbons (Fsp3) is 0.360. The minimum absolute atomic E-state index is 0.149. The number of benzene rings is 2. The number of hydrogen-bond donors (Lipinski definition) is 2. The van der Waals surface area contributed by atoms with Crippen molar-refractivity contribution in [2.45, 2.75) is 51.0 Å². The number of nitrogens with one attached hydrogen (secondary N) is 2. The molecule has 0 radical (unpaired) electrons. The second kappa shape index (κ2) is 8.56. The van der Waals surface area contributed by atoms with Crippen LogP contribution in [0, 0.1) is 13.8 Å². The Hall–Kier alpha value is -3.17. The molecule has 8 nitrogen and oxygen atoms in total. The van der Waals surface area contributed by atoms with Gasteiger partial charge in [-0.3, -0.25) is 9.89 Å². The first-order valence-electron chi connectivity index (χ1n) is 11.6. The number of amides is 1. The van der Waals surface area contributed by atoms with Crippen LogP contribution in [0.1, 0.15) is 43.4 Å². The number of carbonyl (C=O) groups excluding carboxylic acids is 1. The van der Waals surface area contributed by atoms with Gasteiger partial charge in [0.1, 0.15) is 6.04 Å². The van der Waals surface area contributed by atoms with Crippen molar-refractivity contribution in [2.75, 3.05) is 18.4 Å². The molecule has 1 fully saturated rings. The van der Waals surface area contributed by atoms with Gasteiger partial charge in [-0.05, 0) is 75.1 Å². The molecule has 0 aliphatic carbocycles. The molecule has 1 atom stereocenters. The quantitative estimate of drug-likeness (QED) is 0.440. The van der Waals surface area contributed by atoms with Crippen molar-refractivity contribution in [3.05, 3.63) is 53.9 Å². The molecule has 0 bridgehead atoms. The van der Waals surface area contributed by atoms with Gasteiger partial charge in [-0.25, -0.2) is 8.42 Å². The van der Waals surface area contributed by atoms with Crippen molar-refractivity contribution < 1.29 is 13.2 Å². The Morgan fingerprint density at radius 1 is 1.09 bits per heavy atom. The number of piperidine rings is 1. The highest BCUT2D eigenvalue weighted by atomic mass is 32.2. The van der Waals surface area contributed by atoms with Crippen LogP contribution in [0.2, 0.25) is 0 Å². The van der Waals surface area contributed by atoms with Crippen LogP contribution in [0.3, 0.4) is 0 Å². The number of carbonyl (C=O) groups is 1. The van der Waals surface area contributed by atoms with Crippen molar-refractivity contribution in [3.8, 4) is 0 Å². The summed E-state index contributed by atoms with van der Waals surface area (Å²) in [7, 11) is -3.52. The Morgan fingerprint density at radius 2 is 1.85 bits per heavy atom. The molecule has 0 saturated carbocycles. The van der Waals surface area contributed by atoms with Gasteiger partial charge < -0.3 is 9.88 Å². The van der Waals surface area contributed by atoms with E-state index in [9.17, 15) is 13.2 Å². The molecule has 5 rings (SSSR count). The van der Waals surface area contributed by atoms with Crippen LogP contribution < -0.4 is 5.32 Å². The first kappa shape index (κ1) is 22.6. The van der Waals surface area contributed by atoms with Gasteiger partial charge in [-0.2, -0.15) is 9.40 Å². The summed E-state index contributed by atoms with van der Waals surface area (Å²) in [5, 5.41) is 11.8. The zero-order valence-corrected chi connectivity index (χ0v) is 20.4. The molecule has 1 amide bonds. The highest BCUT2D eigenvalue weighted by molar-refractivity contribution is 7.89. The SMILES string of the molecule is Cc1cc2cn[nH]c2cc1NC(=O)C(C)n1cc(C)c2cc(S(=O)(=O)N3CCCCC3)ccc21. The number of nitrogens with zero attached hydrogens (tertiary/aromatic N) is 3. The molecular weight excluding hydrogens is 450 g/mol. The van der Waals surface area contributed by atoms with E-state index in [0.29, 0.717) is 18.0 Å². The molecule has 4 aromatic rings.